The fourth-order valence-electron chi connectivity index (χ4n) is 3.72. The maximum atomic E-state index is 12.9. The van der Waals surface area contributed by atoms with Crippen molar-refractivity contribution in [2.45, 2.75) is 39.8 Å². The van der Waals surface area contributed by atoms with Crippen LogP contribution in [0.2, 0.25) is 5.02 Å². The van der Waals surface area contributed by atoms with Crippen molar-refractivity contribution >= 4 is 28.3 Å². The monoisotopic (exact) mass is 409 g/mol. The third-order valence-electron chi connectivity index (χ3n) is 5.14. The Bertz CT molecular complexity index is 975. The molecule has 0 spiro atoms. The highest BCUT2D eigenvalue weighted by molar-refractivity contribution is 6.30. The van der Waals surface area contributed by atoms with E-state index in [1.54, 1.807) is 6.20 Å². The molecule has 29 heavy (non-hydrogen) atoms. The number of benzene rings is 2. The van der Waals surface area contributed by atoms with Crippen molar-refractivity contribution in [2.75, 3.05) is 13.1 Å². The molecular weight excluding hydrogens is 382 g/mol. The summed E-state index contributed by atoms with van der Waals surface area (Å²) >= 11 is 6.02. The van der Waals surface area contributed by atoms with E-state index in [0.717, 1.165) is 28.6 Å². The quantitative estimate of drug-likeness (QED) is 0.567. The minimum atomic E-state index is -0.0937. The number of nitrogens with zero attached hydrogens (tertiary/aromatic N) is 2. The molecule has 0 aliphatic carbocycles. The van der Waals surface area contributed by atoms with Gasteiger partial charge in [-0.05, 0) is 45.2 Å². The van der Waals surface area contributed by atoms with Crippen LogP contribution in [0.15, 0.2) is 54.7 Å². The first-order valence-electron chi connectivity index (χ1n) is 10.1. The Balaban J connectivity index is 1.84. The largest absolute Gasteiger partial charge is 0.351 e. The molecule has 1 N–H and O–H groups in total. The molecule has 152 valence electrons. The number of amides is 1. The lowest BCUT2D eigenvalue weighted by molar-refractivity contribution is 0.0940. The highest BCUT2D eigenvalue weighted by atomic mass is 35.5. The predicted molar refractivity (Wildman–Crippen MR) is 122 cm³/mol. The van der Waals surface area contributed by atoms with Crippen LogP contribution in [0.4, 0.5) is 0 Å². The van der Waals surface area contributed by atoms with Crippen LogP contribution in [-0.4, -0.2) is 41.0 Å². The van der Waals surface area contributed by atoms with Gasteiger partial charge in [0.15, 0.2) is 0 Å². The highest BCUT2D eigenvalue weighted by Gasteiger charge is 2.16. The summed E-state index contributed by atoms with van der Waals surface area (Å²) in [6.45, 7) is 10.1. The number of carbonyl (C=O) groups is 1. The summed E-state index contributed by atoms with van der Waals surface area (Å²) in [6.07, 6.45) is 1.67. The van der Waals surface area contributed by atoms with Crippen LogP contribution >= 0.6 is 11.6 Å². The molecule has 0 aliphatic heterocycles. The fraction of sp³-hybridized carbons (Fsp3) is 0.333. The third-order valence-corrected chi connectivity index (χ3v) is 5.39. The summed E-state index contributed by atoms with van der Waals surface area (Å²) < 4.78 is 0. The first-order chi connectivity index (χ1) is 13.9. The van der Waals surface area contributed by atoms with Crippen LogP contribution in [0, 0.1) is 0 Å². The Morgan fingerprint density at radius 1 is 1.00 bits per heavy atom. The van der Waals surface area contributed by atoms with Gasteiger partial charge in [0.05, 0.1) is 11.3 Å². The molecule has 0 fully saturated rings. The summed E-state index contributed by atoms with van der Waals surface area (Å²) in [5, 5.41) is 5.60. The molecule has 0 saturated heterocycles. The summed E-state index contributed by atoms with van der Waals surface area (Å²) in [7, 11) is 0. The van der Waals surface area contributed by atoms with E-state index in [0.29, 0.717) is 29.2 Å². The van der Waals surface area contributed by atoms with Gasteiger partial charge in [0.25, 0.3) is 5.91 Å². The van der Waals surface area contributed by atoms with Gasteiger partial charge in [0, 0.05) is 47.3 Å². The van der Waals surface area contributed by atoms with Crippen molar-refractivity contribution in [3.05, 3.63) is 65.3 Å². The smallest absolute Gasteiger partial charge is 0.253 e. The normalized spacial score (nSPS) is 11.6. The van der Waals surface area contributed by atoms with Crippen molar-refractivity contribution in [1.29, 1.82) is 0 Å². The molecule has 5 heteroatoms. The number of pyridine rings is 1. The molecule has 1 aromatic heterocycles. The Morgan fingerprint density at radius 3 is 2.24 bits per heavy atom. The number of rotatable bonds is 7. The van der Waals surface area contributed by atoms with Gasteiger partial charge in [-0.25, -0.2) is 0 Å². The predicted octanol–water partition coefficient (Wildman–Crippen LogP) is 5.40. The summed E-state index contributed by atoms with van der Waals surface area (Å²) in [5.74, 6) is -0.0937. The molecule has 0 aliphatic rings. The van der Waals surface area contributed by atoms with Gasteiger partial charge in [-0.15, -0.1) is 0 Å². The summed E-state index contributed by atoms with van der Waals surface area (Å²) in [5.41, 5.74) is 2.42. The lowest BCUT2D eigenvalue weighted by atomic mass is 10.0. The maximum Gasteiger partial charge on any atom is 0.253 e. The molecule has 0 bridgehead atoms. The zero-order valence-corrected chi connectivity index (χ0v) is 18.2. The van der Waals surface area contributed by atoms with Gasteiger partial charge in [0.1, 0.15) is 0 Å². The SMILES string of the molecule is CC(C)N(CCNC(=O)c1cnc(-c2ccc(Cl)cc2)c2ccccc12)C(C)C. The molecule has 2 aromatic carbocycles. The topological polar surface area (TPSA) is 45.2 Å². The second-order valence-corrected chi connectivity index (χ2v) is 8.19. The van der Waals surface area contributed by atoms with Gasteiger partial charge in [-0.2, -0.15) is 0 Å². The molecule has 3 rings (SSSR count). The van der Waals surface area contributed by atoms with E-state index in [9.17, 15) is 4.79 Å². The Labute approximate surface area is 177 Å². The molecule has 4 nitrogen and oxygen atoms in total. The second kappa shape index (κ2) is 9.38. The Kier molecular flexibility index (Phi) is 6.88. The molecule has 1 amide bonds. The molecule has 0 atom stereocenters. The Morgan fingerprint density at radius 2 is 1.62 bits per heavy atom. The number of hydrogen-bond acceptors (Lipinski definition) is 3. The van der Waals surface area contributed by atoms with Crippen LogP contribution in [0.25, 0.3) is 22.0 Å². The zero-order valence-electron chi connectivity index (χ0n) is 17.4. The maximum absolute atomic E-state index is 12.9. The van der Waals surface area contributed by atoms with E-state index in [1.807, 2.05) is 48.5 Å². The summed E-state index contributed by atoms with van der Waals surface area (Å²) in [4.78, 5) is 19.9. The van der Waals surface area contributed by atoms with Crippen molar-refractivity contribution in [3.8, 4) is 11.3 Å². The lowest BCUT2D eigenvalue weighted by Gasteiger charge is -2.30. The van der Waals surface area contributed by atoms with Gasteiger partial charge in [0.2, 0.25) is 0 Å². The van der Waals surface area contributed by atoms with E-state index >= 15 is 0 Å². The minimum Gasteiger partial charge on any atom is -0.351 e. The van der Waals surface area contributed by atoms with E-state index in [2.05, 4.69) is 42.9 Å². The van der Waals surface area contributed by atoms with Crippen LogP contribution in [0.5, 0.6) is 0 Å². The number of aromatic nitrogens is 1. The number of halogens is 1. The van der Waals surface area contributed by atoms with E-state index in [4.69, 9.17) is 11.6 Å². The average Bonchev–Trinajstić information content (AvgIpc) is 2.70. The van der Waals surface area contributed by atoms with Crippen molar-refractivity contribution < 1.29 is 4.79 Å². The number of carbonyl (C=O) groups excluding carboxylic acids is 1. The fourth-order valence-corrected chi connectivity index (χ4v) is 3.84. The molecule has 3 aromatic rings. The molecular formula is C24H28ClN3O. The van der Waals surface area contributed by atoms with Gasteiger partial charge >= 0.3 is 0 Å². The zero-order chi connectivity index (χ0) is 21.0. The summed E-state index contributed by atoms with van der Waals surface area (Å²) in [6, 6.07) is 16.4. The lowest BCUT2D eigenvalue weighted by Crippen LogP contribution is -2.42. The number of fused-ring (bicyclic) bond motifs is 1. The van der Waals surface area contributed by atoms with Crippen LogP contribution < -0.4 is 5.32 Å². The van der Waals surface area contributed by atoms with Crippen LogP contribution in [0.1, 0.15) is 38.1 Å². The first-order valence-corrected chi connectivity index (χ1v) is 10.4. The average molecular weight is 410 g/mol. The standard InChI is InChI=1S/C24H28ClN3O/c1-16(2)28(17(3)4)14-13-26-24(29)22-15-27-23(18-9-11-19(25)12-10-18)21-8-6-5-7-20(21)22/h5-12,15-17H,13-14H2,1-4H3,(H,26,29). The van der Waals surface area contributed by atoms with Crippen LogP contribution in [0.3, 0.4) is 0 Å². The number of hydrogen-bond donors (Lipinski definition) is 1. The molecule has 0 saturated carbocycles. The molecule has 0 radical (unpaired) electrons. The van der Waals surface area contributed by atoms with Crippen LogP contribution in [-0.2, 0) is 0 Å². The van der Waals surface area contributed by atoms with E-state index in [1.165, 1.54) is 0 Å². The van der Waals surface area contributed by atoms with Gasteiger partial charge < -0.3 is 5.32 Å². The van der Waals surface area contributed by atoms with Crippen molar-refractivity contribution in [1.82, 2.24) is 15.2 Å². The first kappa shape index (κ1) is 21.3. The van der Waals surface area contributed by atoms with Crippen molar-refractivity contribution in [3.63, 3.8) is 0 Å². The number of nitrogens with one attached hydrogen (secondary N) is 1. The van der Waals surface area contributed by atoms with Gasteiger partial charge in [-0.1, -0.05) is 48.0 Å². The van der Waals surface area contributed by atoms with Crippen molar-refractivity contribution in [2.24, 2.45) is 0 Å². The third kappa shape index (κ3) is 4.95. The second-order valence-electron chi connectivity index (χ2n) is 7.75. The minimum absolute atomic E-state index is 0.0937. The highest BCUT2D eigenvalue weighted by Crippen LogP contribution is 2.29. The molecule has 0 unspecified atom stereocenters. The molecule has 1 heterocycles. The Hall–Kier alpha value is -2.43. The van der Waals surface area contributed by atoms with Gasteiger partial charge in [-0.3, -0.25) is 14.7 Å². The van der Waals surface area contributed by atoms with E-state index < -0.39 is 0 Å². The van der Waals surface area contributed by atoms with E-state index in [-0.39, 0.29) is 5.91 Å².